The number of aliphatic hydroxyl groups is 1. The van der Waals surface area contributed by atoms with E-state index in [1.54, 1.807) is 35.5 Å². The molecule has 1 fully saturated rings. The summed E-state index contributed by atoms with van der Waals surface area (Å²) in [6.07, 6.45) is 1.20. The van der Waals surface area contributed by atoms with Crippen molar-refractivity contribution < 1.29 is 13.5 Å². The maximum Gasteiger partial charge on any atom is 0.243 e. The van der Waals surface area contributed by atoms with Gasteiger partial charge in [0.15, 0.2) is 0 Å². The first kappa shape index (κ1) is 14.5. The summed E-state index contributed by atoms with van der Waals surface area (Å²) in [7, 11) is -3.44. The van der Waals surface area contributed by atoms with Gasteiger partial charge in [0.05, 0.1) is 11.0 Å². The Morgan fingerprint density at radius 1 is 1.26 bits per heavy atom. The molecule has 1 saturated heterocycles. The molecule has 1 N–H and O–H groups in total. The minimum absolute atomic E-state index is 0.298. The van der Waals surface area contributed by atoms with Gasteiger partial charge in [0, 0.05) is 12.1 Å². The van der Waals surface area contributed by atoms with Gasteiger partial charge < -0.3 is 5.11 Å². The standard InChI is InChI=1S/C14H21NO3S/c1-11(16)12-5-7-13(8-6-12)19(17,18)15-10-4-9-14(15,2)3/h5-8,11,16H,4,9-10H2,1-3H3. The highest BCUT2D eigenvalue weighted by molar-refractivity contribution is 7.89. The van der Waals surface area contributed by atoms with Crippen LogP contribution >= 0.6 is 0 Å². The lowest BCUT2D eigenvalue weighted by molar-refractivity contribution is 0.199. The summed E-state index contributed by atoms with van der Waals surface area (Å²) in [6.45, 7) is 6.16. The predicted octanol–water partition coefficient (Wildman–Crippen LogP) is 2.30. The molecule has 0 spiro atoms. The maximum absolute atomic E-state index is 12.6. The third-order valence-corrected chi connectivity index (χ3v) is 5.90. The second-order valence-electron chi connectivity index (χ2n) is 5.74. The second-order valence-corrected chi connectivity index (χ2v) is 7.60. The lowest BCUT2D eigenvalue weighted by Crippen LogP contribution is -2.42. The molecule has 5 heteroatoms. The smallest absolute Gasteiger partial charge is 0.243 e. The van der Waals surface area contributed by atoms with Gasteiger partial charge in [0.25, 0.3) is 0 Å². The van der Waals surface area contributed by atoms with E-state index in [1.807, 2.05) is 13.8 Å². The third kappa shape index (κ3) is 2.68. The van der Waals surface area contributed by atoms with Gasteiger partial charge in [-0.1, -0.05) is 12.1 Å². The van der Waals surface area contributed by atoms with Crippen molar-refractivity contribution in [3.63, 3.8) is 0 Å². The monoisotopic (exact) mass is 283 g/mol. The van der Waals surface area contributed by atoms with Crippen LogP contribution < -0.4 is 0 Å². The predicted molar refractivity (Wildman–Crippen MR) is 74.3 cm³/mol. The third-order valence-electron chi connectivity index (χ3n) is 3.78. The molecule has 0 radical (unpaired) electrons. The average molecular weight is 283 g/mol. The van der Waals surface area contributed by atoms with Crippen molar-refractivity contribution in [2.45, 2.75) is 50.2 Å². The molecule has 0 saturated carbocycles. The summed E-state index contributed by atoms with van der Waals surface area (Å²) >= 11 is 0. The molecule has 1 aliphatic rings. The van der Waals surface area contributed by atoms with Crippen LogP contribution in [0.5, 0.6) is 0 Å². The number of benzene rings is 1. The van der Waals surface area contributed by atoms with Crippen LogP contribution in [-0.2, 0) is 10.0 Å². The Labute approximate surface area is 115 Å². The first-order valence-electron chi connectivity index (χ1n) is 6.56. The molecule has 1 aromatic carbocycles. The molecule has 1 aromatic rings. The molecule has 0 amide bonds. The number of nitrogens with zero attached hydrogens (tertiary/aromatic N) is 1. The van der Waals surface area contributed by atoms with Crippen LogP contribution in [0.15, 0.2) is 29.2 Å². The number of rotatable bonds is 3. The number of aliphatic hydroxyl groups excluding tert-OH is 1. The highest BCUT2D eigenvalue weighted by Gasteiger charge is 2.40. The quantitative estimate of drug-likeness (QED) is 0.926. The zero-order chi connectivity index (χ0) is 14.3. The highest BCUT2D eigenvalue weighted by atomic mass is 32.2. The van der Waals surface area contributed by atoms with Crippen LogP contribution in [0.2, 0.25) is 0 Å². The van der Waals surface area contributed by atoms with E-state index in [4.69, 9.17) is 0 Å². The van der Waals surface area contributed by atoms with Gasteiger partial charge in [-0.3, -0.25) is 0 Å². The van der Waals surface area contributed by atoms with E-state index in [1.165, 1.54) is 0 Å². The number of sulfonamides is 1. The molecule has 0 bridgehead atoms. The Kier molecular flexibility index (Phi) is 3.73. The highest BCUT2D eigenvalue weighted by Crippen LogP contribution is 2.34. The Morgan fingerprint density at radius 2 is 1.84 bits per heavy atom. The fourth-order valence-corrected chi connectivity index (χ4v) is 4.42. The Bertz CT molecular complexity index is 547. The largest absolute Gasteiger partial charge is 0.389 e. The van der Waals surface area contributed by atoms with Gasteiger partial charge in [0.2, 0.25) is 10.0 Å². The van der Waals surface area contributed by atoms with E-state index in [2.05, 4.69) is 0 Å². The fourth-order valence-electron chi connectivity index (χ4n) is 2.57. The van der Waals surface area contributed by atoms with Crippen LogP contribution in [0.3, 0.4) is 0 Å². The van der Waals surface area contributed by atoms with E-state index >= 15 is 0 Å². The molecular weight excluding hydrogens is 262 g/mol. The summed E-state index contributed by atoms with van der Waals surface area (Å²) in [6, 6.07) is 6.48. The molecule has 106 valence electrons. The van der Waals surface area contributed by atoms with Crippen LogP contribution in [0.1, 0.15) is 45.3 Å². The zero-order valence-corrected chi connectivity index (χ0v) is 12.4. The lowest BCUT2D eigenvalue weighted by Gasteiger charge is -2.30. The van der Waals surface area contributed by atoms with Crippen LogP contribution in [0, 0.1) is 0 Å². The van der Waals surface area contributed by atoms with E-state index in [0.29, 0.717) is 11.4 Å². The van der Waals surface area contributed by atoms with Crippen LogP contribution in [0.25, 0.3) is 0 Å². The van der Waals surface area contributed by atoms with Crippen molar-refractivity contribution in [2.24, 2.45) is 0 Å². The minimum atomic E-state index is -3.44. The summed E-state index contributed by atoms with van der Waals surface area (Å²) in [5, 5.41) is 9.45. The van der Waals surface area contributed by atoms with Crippen molar-refractivity contribution in [3.8, 4) is 0 Å². The molecule has 1 unspecified atom stereocenters. The Balaban J connectivity index is 2.35. The summed E-state index contributed by atoms with van der Waals surface area (Å²) in [5.74, 6) is 0. The van der Waals surface area contributed by atoms with Crippen molar-refractivity contribution >= 4 is 10.0 Å². The van der Waals surface area contributed by atoms with Crippen molar-refractivity contribution in [1.82, 2.24) is 4.31 Å². The van der Waals surface area contributed by atoms with E-state index in [0.717, 1.165) is 18.4 Å². The molecule has 1 atom stereocenters. The van der Waals surface area contributed by atoms with Gasteiger partial charge in [-0.15, -0.1) is 0 Å². The van der Waals surface area contributed by atoms with Crippen molar-refractivity contribution in [1.29, 1.82) is 0 Å². The topological polar surface area (TPSA) is 57.6 Å². The molecule has 0 aliphatic carbocycles. The molecule has 2 rings (SSSR count). The Morgan fingerprint density at radius 3 is 2.26 bits per heavy atom. The molecule has 0 aromatic heterocycles. The lowest BCUT2D eigenvalue weighted by atomic mass is 10.0. The fraction of sp³-hybridized carbons (Fsp3) is 0.571. The van der Waals surface area contributed by atoms with E-state index in [-0.39, 0.29) is 5.54 Å². The SMILES string of the molecule is CC(O)c1ccc(S(=O)(=O)N2CCCC2(C)C)cc1. The van der Waals surface area contributed by atoms with Gasteiger partial charge in [0.1, 0.15) is 0 Å². The maximum atomic E-state index is 12.6. The average Bonchev–Trinajstić information content (AvgIpc) is 2.69. The number of hydrogen-bond donors (Lipinski definition) is 1. The van der Waals surface area contributed by atoms with Gasteiger partial charge in [-0.25, -0.2) is 8.42 Å². The van der Waals surface area contributed by atoms with Crippen LogP contribution in [-0.4, -0.2) is 29.9 Å². The van der Waals surface area contributed by atoms with E-state index in [9.17, 15) is 13.5 Å². The van der Waals surface area contributed by atoms with Gasteiger partial charge in [-0.2, -0.15) is 4.31 Å². The normalized spacial score (nSPS) is 21.5. The van der Waals surface area contributed by atoms with Crippen molar-refractivity contribution in [3.05, 3.63) is 29.8 Å². The first-order chi connectivity index (χ1) is 8.75. The molecule has 1 heterocycles. The Hall–Kier alpha value is -0.910. The molecule has 19 heavy (non-hydrogen) atoms. The van der Waals surface area contributed by atoms with Gasteiger partial charge >= 0.3 is 0 Å². The first-order valence-corrected chi connectivity index (χ1v) is 8.00. The minimum Gasteiger partial charge on any atom is -0.389 e. The molecule has 1 aliphatic heterocycles. The zero-order valence-electron chi connectivity index (χ0n) is 11.6. The van der Waals surface area contributed by atoms with Crippen LogP contribution in [0.4, 0.5) is 0 Å². The van der Waals surface area contributed by atoms with Gasteiger partial charge in [-0.05, 0) is 51.3 Å². The molecule has 4 nitrogen and oxygen atoms in total. The second kappa shape index (κ2) is 4.89. The van der Waals surface area contributed by atoms with Crippen molar-refractivity contribution in [2.75, 3.05) is 6.54 Å². The molecular formula is C14H21NO3S. The van der Waals surface area contributed by atoms with E-state index < -0.39 is 16.1 Å². The summed E-state index contributed by atoms with van der Waals surface area (Å²) < 4.78 is 26.8. The summed E-state index contributed by atoms with van der Waals surface area (Å²) in [5.41, 5.74) is 0.404. The number of hydrogen-bond acceptors (Lipinski definition) is 3. The summed E-state index contributed by atoms with van der Waals surface area (Å²) in [4.78, 5) is 0.298.